The van der Waals surface area contributed by atoms with Crippen molar-refractivity contribution in [1.29, 1.82) is 0 Å². The van der Waals surface area contributed by atoms with Crippen LogP contribution in [0.3, 0.4) is 0 Å². The number of ether oxygens (including phenoxy) is 6. The number of hydrogen-bond donors (Lipinski definition) is 12. The molecule has 0 bridgehead atoms. The van der Waals surface area contributed by atoms with Gasteiger partial charge in [-0.15, -0.1) is 0 Å². The van der Waals surface area contributed by atoms with Crippen LogP contribution in [0.5, 0.6) is 0 Å². The van der Waals surface area contributed by atoms with Gasteiger partial charge in [0.15, 0.2) is 36.6 Å². The second kappa shape index (κ2) is 64.0. The van der Waals surface area contributed by atoms with E-state index in [0.717, 1.165) is 0 Å². The molecule has 816 valence electrons. The highest BCUT2D eigenvalue weighted by molar-refractivity contribution is 7.46. The Bertz CT molecular complexity index is 3360. The van der Waals surface area contributed by atoms with Crippen LogP contribution in [-0.2, 0) is 140 Å². The minimum atomic E-state index is -6.35. The zero-order valence-electron chi connectivity index (χ0n) is 84.6. The van der Waals surface area contributed by atoms with Crippen LogP contribution in [0.25, 0.3) is 0 Å². The number of carboxylic acid groups (broad SMARTS) is 6. The first kappa shape index (κ1) is 143. The minimum Gasteiger partial charge on any atom is -0.756 e. The second-order valence-electron chi connectivity index (χ2n) is 40.9. The second-order valence-corrected chi connectivity index (χ2v) is 47.8. The van der Waals surface area contributed by atoms with Gasteiger partial charge in [0, 0.05) is 38.5 Å². The molecule has 0 spiro atoms. The summed E-state index contributed by atoms with van der Waals surface area (Å²) in [5.74, 6) is -6.26. The number of phosphoric acid groups is 6. The van der Waals surface area contributed by atoms with Crippen molar-refractivity contribution >= 4 is 119 Å². The van der Waals surface area contributed by atoms with Gasteiger partial charge in [-0.1, -0.05) is 83.1 Å². The van der Waals surface area contributed by atoms with Crippen LogP contribution in [0.1, 0.15) is 160 Å². The molecular formula is C78H156N6O48P6. The van der Waals surface area contributed by atoms with Crippen molar-refractivity contribution in [2.24, 2.45) is 35.5 Å². The molecule has 1 fully saturated rings. The highest BCUT2D eigenvalue weighted by Gasteiger charge is 2.60. The third-order valence-corrected chi connectivity index (χ3v) is 18.7. The molecular weight excluding hydrogens is 1970 g/mol. The maximum atomic E-state index is 11.5. The molecule has 54 nitrogen and oxygen atoms in total. The summed E-state index contributed by atoms with van der Waals surface area (Å²) >= 11 is 0. The Balaban J connectivity index is -0.000000378. The molecule has 1 rings (SSSR count). The smallest absolute Gasteiger partial charge is 0.307 e. The topological polar surface area (TPSA) is 799 Å². The Morgan fingerprint density at radius 3 is 0.355 bits per heavy atom. The summed E-state index contributed by atoms with van der Waals surface area (Å²) in [5, 5.41) is 52.7. The number of hydrogen-bond acceptors (Lipinski definition) is 36. The molecule has 0 aromatic carbocycles. The number of rotatable bonds is 54. The maximum absolute atomic E-state index is 11.5. The number of phosphoric ester groups is 6. The van der Waals surface area contributed by atoms with E-state index in [4.69, 9.17) is 88.4 Å². The molecule has 0 aliphatic heterocycles. The minimum absolute atomic E-state index is 0.140. The van der Waals surface area contributed by atoms with Crippen molar-refractivity contribution in [3.8, 4) is 0 Å². The lowest BCUT2D eigenvalue weighted by molar-refractivity contribution is -0.873. The summed E-state index contributed by atoms with van der Waals surface area (Å²) in [7, 11) is -3.26. The lowest BCUT2D eigenvalue weighted by atomic mass is 9.85. The Hall–Kier alpha value is -5.94. The fourth-order valence-corrected chi connectivity index (χ4v) is 15.1. The molecule has 12 atom stereocenters. The van der Waals surface area contributed by atoms with E-state index in [1.807, 2.05) is 210 Å². The number of nitrogens with zero attached hydrogens (tertiary/aromatic N) is 6. The van der Waals surface area contributed by atoms with E-state index in [0.29, 0.717) is 105 Å². The van der Waals surface area contributed by atoms with Gasteiger partial charge in [-0.05, 0) is 35.5 Å². The van der Waals surface area contributed by atoms with Crippen LogP contribution in [0.15, 0.2) is 0 Å². The molecule has 6 unspecified atom stereocenters. The van der Waals surface area contributed by atoms with Gasteiger partial charge in [0.1, 0.15) is 75.9 Å². The van der Waals surface area contributed by atoms with Gasteiger partial charge < -0.3 is 172 Å². The first-order valence-electron chi connectivity index (χ1n) is 42.8. The quantitative estimate of drug-likeness (QED) is 0.0163. The van der Waals surface area contributed by atoms with Crippen LogP contribution in [-0.4, -0.2) is 398 Å². The highest BCUT2D eigenvalue weighted by Crippen LogP contribution is 2.55. The average Bonchev–Trinajstić information content (AvgIpc) is 0.741. The zero-order chi connectivity index (χ0) is 111. The number of esters is 6. The van der Waals surface area contributed by atoms with Crippen LogP contribution in [0.2, 0.25) is 0 Å². The number of carbonyl (C=O) groups is 12. The van der Waals surface area contributed by atoms with Gasteiger partial charge >= 0.3 is 71.6 Å². The van der Waals surface area contributed by atoms with Gasteiger partial charge in [0.2, 0.25) is 0 Å². The zero-order valence-corrected chi connectivity index (χ0v) is 89.9. The summed E-state index contributed by atoms with van der Waals surface area (Å²) in [4.78, 5) is 255. The SMILES string of the molecule is CC(C)CC(=O)O[C@@H](CC(=O)O)C[N+](C)(C)C.CC(C)CC(=O)O[C@@H](CC(=O)O)C[N+](C)(C)C.CC(C)CC(=O)O[C@@H](CC(=O)O)C[N+](C)(C)C.CC(C)CC(=O)O[C@@H](CC(=O)O)C[N+](C)(C)C.CC(C)CC(=O)O[C@@H](CC(=O)O)C[N+](C)(C)C.CC(C)CC(=O)O[C@@H](CC(=O)O)C[N+](C)(C)C.O=P([O-])(O)OC1C(OP(=O)([O-])O)C(OP(=O)([O-])O)C(OP(=O)([O-])O)C(OP(=O)([O-])O)C1OP(=O)([O-])O. The molecule has 1 aliphatic carbocycles. The van der Waals surface area contributed by atoms with Crippen molar-refractivity contribution in [2.75, 3.05) is 166 Å². The van der Waals surface area contributed by atoms with E-state index in [-0.39, 0.29) is 110 Å². The monoisotopic (exact) mass is 2130 g/mol. The van der Waals surface area contributed by atoms with Gasteiger partial charge in [-0.25, -0.2) is 0 Å². The molecule has 0 aromatic heterocycles. The van der Waals surface area contributed by atoms with E-state index >= 15 is 0 Å². The molecule has 0 aromatic rings. The summed E-state index contributed by atoms with van der Waals surface area (Å²) in [5.41, 5.74) is 0. The summed E-state index contributed by atoms with van der Waals surface area (Å²) in [6, 6.07) is 0. The van der Waals surface area contributed by atoms with E-state index in [1.165, 1.54) is 0 Å². The van der Waals surface area contributed by atoms with Gasteiger partial charge in [-0.3, -0.25) is 84.9 Å². The number of quaternary nitrogens is 6. The van der Waals surface area contributed by atoms with Gasteiger partial charge in [-0.2, -0.15) is 0 Å². The molecule has 1 aliphatic rings. The highest BCUT2D eigenvalue weighted by atomic mass is 31.2. The molecule has 1 saturated carbocycles. The van der Waals surface area contributed by atoms with Crippen molar-refractivity contribution < 1.29 is 257 Å². The van der Waals surface area contributed by atoms with Crippen molar-refractivity contribution in [1.82, 2.24) is 0 Å². The number of aliphatic carboxylic acids is 6. The number of carbonyl (C=O) groups excluding carboxylic acids is 6. The Morgan fingerprint density at radius 1 is 0.210 bits per heavy atom. The Morgan fingerprint density at radius 2 is 0.297 bits per heavy atom. The molecule has 0 amide bonds. The average molecular weight is 2130 g/mol. The van der Waals surface area contributed by atoms with E-state index in [9.17, 15) is 114 Å². The van der Waals surface area contributed by atoms with E-state index < -0.39 is 156 Å². The summed E-state index contributed by atoms with van der Waals surface area (Å²) < 4.78 is 125. The van der Waals surface area contributed by atoms with Gasteiger partial charge in [0.25, 0.3) is 46.9 Å². The lowest BCUT2D eigenvalue weighted by Crippen LogP contribution is -2.67. The van der Waals surface area contributed by atoms with Crippen molar-refractivity contribution in [3.63, 3.8) is 0 Å². The fourth-order valence-electron chi connectivity index (χ4n) is 11.9. The molecule has 0 radical (unpaired) electrons. The largest absolute Gasteiger partial charge is 0.756 e. The predicted molar refractivity (Wildman–Crippen MR) is 475 cm³/mol. The third-order valence-electron chi connectivity index (χ3n) is 15.6. The molecule has 0 heterocycles. The number of likely N-dealkylation sites (N-methyl/N-ethyl adjacent to an activating group) is 6. The Kier molecular flexibility index (Phi) is 66.2. The third kappa shape index (κ3) is 96.2. The first-order valence-corrected chi connectivity index (χ1v) is 51.8. The standard InChI is InChI=1S/6C12H23NO4.C6H18O24P6/c6*1-9(2)6-12(16)17-10(7-11(14)15)8-13(3,4)5;7-31(8,9)25-1-2(26-32(10,11)12)4(28-34(16,17)18)6(30-36(22,23)24)5(29-35(19,20)21)3(1)27-33(13,14)15/h6*9-10H,6-8H2,1-5H3;1-6H,(H2,7,8,9)(H2,10,11,12)(H2,13,14,15)(H2,16,17,18)(H2,19,20,21)(H2,22,23,24)/t6*10-;/m000000./s1. The molecule has 12 N–H and O–H groups in total. The summed E-state index contributed by atoms with van der Waals surface area (Å²) in [6.45, 7) is 26.1. The normalized spacial score (nSPS) is 19.7. The first-order chi connectivity index (χ1) is 61.2. The van der Waals surface area contributed by atoms with Crippen LogP contribution < -0.4 is 29.4 Å². The van der Waals surface area contributed by atoms with Crippen LogP contribution in [0.4, 0.5) is 0 Å². The molecule has 60 heteroatoms. The van der Waals surface area contributed by atoms with Crippen molar-refractivity contribution in [2.45, 2.75) is 233 Å². The van der Waals surface area contributed by atoms with Crippen molar-refractivity contribution in [3.05, 3.63) is 0 Å². The summed E-state index contributed by atoms with van der Waals surface area (Å²) in [6.07, 6.45) is -22.4. The van der Waals surface area contributed by atoms with Crippen LogP contribution >= 0.6 is 46.9 Å². The lowest BCUT2D eigenvalue weighted by Gasteiger charge is -2.52. The molecule has 138 heavy (non-hydrogen) atoms. The Labute approximate surface area is 807 Å². The molecule has 0 saturated heterocycles. The fraction of sp³-hybridized carbons (Fsp3) is 0.846. The van der Waals surface area contributed by atoms with E-state index in [1.54, 1.807) is 0 Å². The predicted octanol–water partition coefficient (Wildman–Crippen LogP) is -0.173. The number of carboxylic acids is 6. The van der Waals surface area contributed by atoms with E-state index in [2.05, 4.69) is 27.1 Å². The van der Waals surface area contributed by atoms with Crippen LogP contribution in [0, 0.1) is 35.5 Å². The maximum Gasteiger partial charge on any atom is 0.307 e. The van der Waals surface area contributed by atoms with Gasteiger partial charge in [0.05, 0.1) is 165 Å².